The Morgan fingerprint density at radius 2 is 1.76 bits per heavy atom. The molecule has 0 aliphatic carbocycles. The molecule has 3 aromatic carbocycles. The first-order chi connectivity index (χ1) is 17.6. The second-order valence-corrected chi connectivity index (χ2v) is 10.4. The van der Waals surface area contributed by atoms with E-state index in [0.29, 0.717) is 23.3 Å². The minimum atomic E-state index is -4.30. The van der Waals surface area contributed by atoms with Gasteiger partial charge in [-0.25, -0.2) is 17.9 Å². The molecule has 0 amide bonds. The van der Waals surface area contributed by atoms with Gasteiger partial charge in [-0.1, -0.05) is 42.5 Å². The Bertz CT molecular complexity index is 1370. The summed E-state index contributed by atoms with van der Waals surface area (Å²) in [6, 6.07) is 15.3. The highest BCUT2D eigenvalue weighted by Gasteiger charge is 2.48. The van der Waals surface area contributed by atoms with Crippen LogP contribution in [0.2, 0.25) is 0 Å². The standard InChI is InChI=1S/C28H22F5NO2S/c29-24-9-7-18(11-23(24)27(35)36)21-14-26-22(13-25(21)30)17(10-16-4-2-1-3-5-16)6-8-20-12-19(28(31,32)33)15-34(20)37-26/h1-5,7,9-11,13-14,19-20H,6,8,12,15H2,(H,35,36)/b17-10-/t19-,20+/m1/s1. The van der Waals surface area contributed by atoms with E-state index < -0.39 is 35.3 Å². The largest absolute Gasteiger partial charge is 0.478 e. The van der Waals surface area contributed by atoms with Crippen LogP contribution in [0.5, 0.6) is 0 Å². The molecule has 3 nitrogen and oxygen atoms in total. The maximum absolute atomic E-state index is 15.5. The van der Waals surface area contributed by atoms with Crippen LogP contribution in [0.25, 0.3) is 22.8 Å². The maximum Gasteiger partial charge on any atom is 0.393 e. The summed E-state index contributed by atoms with van der Waals surface area (Å²) in [5.41, 5.74) is 1.90. The van der Waals surface area contributed by atoms with Crippen molar-refractivity contribution in [3.63, 3.8) is 0 Å². The Hall–Kier alpha value is -3.17. The molecule has 0 radical (unpaired) electrons. The fraction of sp³-hybridized carbons (Fsp3) is 0.250. The van der Waals surface area contributed by atoms with Gasteiger partial charge < -0.3 is 5.11 Å². The van der Waals surface area contributed by atoms with E-state index in [9.17, 15) is 27.5 Å². The molecule has 1 N–H and O–H groups in total. The first kappa shape index (κ1) is 25.5. The van der Waals surface area contributed by atoms with Crippen molar-refractivity contribution in [3.05, 3.63) is 89.0 Å². The van der Waals surface area contributed by atoms with Crippen LogP contribution >= 0.6 is 11.9 Å². The van der Waals surface area contributed by atoms with Crippen LogP contribution in [0, 0.1) is 17.6 Å². The molecule has 0 unspecified atom stereocenters. The van der Waals surface area contributed by atoms with Crippen LogP contribution in [0.1, 0.15) is 40.7 Å². The smallest absolute Gasteiger partial charge is 0.393 e. The number of halogens is 5. The number of rotatable bonds is 3. The third-order valence-electron chi connectivity index (χ3n) is 6.85. The second-order valence-electron chi connectivity index (χ2n) is 9.27. The highest BCUT2D eigenvalue weighted by Crippen LogP contribution is 2.47. The first-order valence-corrected chi connectivity index (χ1v) is 12.5. The van der Waals surface area contributed by atoms with E-state index in [1.54, 1.807) is 4.31 Å². The van der Waals surface area contributed by atoms with Crippen LogP contribution in [0.3, 0.4) is 0 Å². The zero-order valence-corrected chi connectivity index (χ0v) is 20.3. The summed E-state index contributed by atoms with van der Waals surface area (Å²) >= 11 is 1.16. The fourth-order valence-electron chi connectivity index (χ4n) is 4.94. The molecule has 2 heterocycles. The van der Waals surface area contributed by atoms with Gasteiger partial charge >= 0.3 is 12.1 Å². The van der Waals surface area contributed by atoms with Gasteiger partial charge in [0.25, 0.3) is 0 Å². The lowest BCUT2D eigenvalue weighted by atomic mass is 9.92. The first-order valence-electron chi connectivity index (χ1n) is 11.7. The van der Waals surface area contributed by atoms with Gasteiger partial charge in [0.2, 0.25) is 0 Å². The molecule has 1 fully saturated rings. The second kappa shape index (κ2) is 9.95. The van der Waals surface area contributed by atoms with Gasteiger partial charge in [0, 0.05) is 23.0 Å². The van der Waals surface area contributed by atoms with Crippen molar-refractivity contribution in [2.45, 2.75) is 36.4 Å². The number of carbonyl (C=O) groups is 1. The van der Waals surface area contributed by atoms with Crippen molar-refractivity contribution >= 4 is 29.6 Å². The number of benzene rings is 3. The van der Waals surface area contributed by atoms with E-state index in [4.69, 9.17) is 0 Å². The summed E-state index contributed by atoms with van der Waals surface area (Å²) in [6.45, 7) is -0.164. The SMILES string of the molecule is O=C(O)c1cc(-c2cc3c(cc2F)/C(=C\c2ccccc2)CC[C@H]2C[C@@H](C(F)(F)F)CN2S3)ccc1F. The predicted molar refractivity (Wildman–Crippen MR) is 133 cm³/mol. The van der Waals surface area contributed by atoms with E-state index in [0.717, 1.165) is 35.2 Å². The number of alkyl halides is 3. The van der Waals surface area contributed by atoms with Gasteiger partial charge in [0.05, 0.1) is 11.5 Å². The third-order valence-corrected chi connectivity index (χ3v) is 8.07. The summed E-state index contributed by atoms with van der Waals surface area (Å²) in [4.78, 5) is 12.0. The zero-order valence-electron chi connectivity index (χ0n) is 19.4. The van der Waals surface area contributed by atoms with Gasteiger partial charge in [0.15, 0.2) is 0 Å². The molecular formula is C28H22F5NO2S. The normalized spacial score (nSPS) is 21.3. The summed E-state index contributed by atoms with van der Waals surface area (Å²) in [6.07, 6.45) is -1.42. The molecule has 0 saturated carbocycles. The average Bonchev–Trinajstić information content (AvgIpc) is 3.25. The average molecular weight is 532 g/mol. The monoisotopic (exact) mass is 531 g/mol. The lowest BCUT2D eigenvalue weighted by molar-refractivity contribution is -0.169. The van der Waals surface area contributed by atoms with E-state index in [1.807, 2.05) is 36.4 Å². The number of hydrogen-bond donors (Lipinski definition) is 1. The maximum atomic E-state index is 15.5. The van der Waals surface area contributed by atoms with Crippen LogP contribution in [0.15, 0.2) is 65.6 Å². The van der Waals surface area contributed by atoms with Crippen LogP contribution in [0.4, 0.5) is 22.0 Å². The van der Waals surface area contributed by atoms with Gasteiger partial charge in [0.1, 0.15) is 11.6 Å². The Balaban J connectivity index is 1.62. The number of nitrogens with zero attached hydrogens (tertiary/aromatic N) is 1. The summed E-state index contributed by atoms with van der Waals surface area (Å²) in [5, 5.41) is 9.29. The van der Waals surface area contributed by atoms with E-state index in [-0.39, 0.29) is 30.1 Å². The lowest BCUT2D eigenvalue weighted by Gasteiger charge is -2.28. The van der Waals surface area contributed by atoms with Gasteiger partial charge in [-0.2, -0.15) is 13.2 Å². The summed E-state index contributed by atoms with van der Waals surface area (Å²) in [7, 11) is 0. The molecule has 2 aliphatic heterocycles. The molecule has 0 aromatic heterocycles. The van der Waals surface area contributed by atoms with Gasteiger partial charge in [-0.05, 0) is 77.7 Å². The molecular weight excluding hydrogens is 509 g/mol. The van der Waals surface area contributed by atoms with Crippen molar-refractivity contribution in [2.24, 2.45) is 5.92 Å². The Morgan fingerprint density at radius 3 is 2.46 bits per heavy atom. The van der Waals surface area contributed by atoms with Crippen molar-refractivity contribution in [2.75, 3.05) is 6.54 Å². The Morgan fingerprint density at radius 1 is 1.00 bits per heavy atom. The predicted octanol–water partition coefficient (Wildman–Crippen LogP) is 7.92. The number of fused-ring (bicyclic) bond motifs is 2. The number of hydrogen-bond acceptors (Lipinski definition) is 3. The summed E-state index contributed by atoms with van der Waals surface area (Å²) < 4.78 is 71.9. The van der Waals surface area contributed by atoms with E-state index >= 15 is 4.39 Å². The Kier molecular flexibility index (Phi) is 6.85. The molecule has 9 heteroatoms. The molecule has 0 spiro atoms. The Labute approximate surface area is 214 Å². The minimum absolute atomic E-state index is 0.00155. The molecule has 192 valence electrons. The highest BCUT2D eigenvalue weighted by molar-refractivity contribution is 7.97. The molecule has 37 heavy (non-hydrogen) atoms. The van der Waals surface area contributed by atoms with Gasteiger partial charge in [-0.15, -0.1) is 0 Å². The molecule has 2 aliphatic rings. The van der Waals surface area contributed by atoms with Crippen LogP contribution in [-0.2, 0) is 0 Å². The molecule has 0 bridgehead atoms. The molecule has 5 rings (SSSR count). The molecule has 3 aromatic rings. The van der Waals surface area contributed by atoms with E-state index in [2.05, 4.69) is 0 Å². The fourth-order valence-corrected chi connectivity index (χ4v) is 6.25. The summed E-state index contributed by atoms with van der Waals surface area (Å²) in [5.74, 6) is -4.49. The lowest BCUT2D eigenvalue weighted by Crippen LogP contribution is -2.26. The van der Waals surface area contributed by atoms with Crippen molar-refractivity contribution in [3.8, 4) is 11.1 Å². The number of carboxylic acids is 1. The molecule has 2 atom stereocenters. The quantitative estimate of drug-likeness (QED) is 0.275. The topological polar surface area (TPSA) is 40.5 Å². The van der Waals surface area contributed by atoms with Crippen molar-refractivity contribution in [1.82, 2.24) is 4.31 Å². The number of aromatic carboxylic acids is 1. The highest BCUT2D eigenvalue weighted by atomic mass is 32.2. The van der Waals surface area contributed by atoms with Gasteiger partial charge in [-0.3, -0.25) is 0 Å². The van der Waals surface area contributed by atoms with Crippen molar-refractivity contribution < 1.29 is 31.9 Å². The van der Waals surface area contributed by atoms with E-state index in [1.165, 1.54) is 18.2 Å². The van der Waals surface area contributed by atoms with Crippen LogP contribution < -0.4 is 0 Å². The molecule has 1 saturated heterocycles. The zero-order chi connectivity index (χ0) is 26.3. The number of carboxylic acid groups (broad SMARTS) is 1. The number of allylic oxidation sites excluding steroid dienone is 1. The third kappa shape index (κ3) is 5.29. The van der Waals surface area contributed by atoms with Crippen molar-refractivity contribution in [1.29, 1.82) is 0 Å². The van der Waals surface area contributed by atoms with Crippen LogP contribution in [-0.4, -0.2) is 34.1 Å². The minimum Gasteiger partial charge on any atom is -0.478 e.